The van der Waals surface area contributed by atoms with Gasteiger partial charge in [-0.3, -0.25) is 9.78 Å². The Morgan fingerprint density at radius 2 is 2.00 bits per heavy atom. The van der Waals surface area contributed by atoms with Crippen LogP contribution in [0, 0.1) is 0 Å². The van der Waals surface area contributed by atoms with Gasteiger partial charge in [0.1, 0.15) is 0 Å². The summed E-state index contributed by atoms with van der Waals surface area (Å²) in [6, 6.07) is 3.66. The zero-order valence-corrected chi connectivity index (χ0v) is 14.0. The number of hydrogen-bond donors (Lipinski definition) is 0. The van der Waals surface area contributed by atoms with Crippen molar-refractivity contribution in [3.63, 3.8) is 0 Å². The summed E-state index contributed by atoms with van der Waals surface area (Å²) in [5, 5.41) is 3.92. The molecule has 0 N–H and O–H groups in total. The van der Waals surface area contributed by atoms with Crippen molar-refractivity contribution in [3.8, 4) is 11.4 Å². The number of amides is 1. The van der Waals surface area contributed by atoms with E-state index in [1.165, 1.54) is 0 Å². The molecule has 8 nitrogen and oxygen atoms in total. The normalized spacial score (nSPS) is 10.8. The minimum absolute atomic E-state index is 0.00484. The number of aryl methyl sites for hydroxylation is 1. The number of aromatic nitrogens is 3. The standard InChI is InChI=1S/C16H22N4O4/c1-22-10-8-20(9-11-23-2)15(21)6-5-14-18-16(19-24-14)13-4-3-7-17-12-13/h3-4,7,12H,5-6,8-11H2,1-2H3. The largest absolute Gasteiger partial charge is 0.383 e. The molecule has 2 rings (SSSR count). The topological polar surface area (TPSA) is 90.6 Å². The van der Waals surface area contributed by atoms with Crippen molar-refractivity contribution < 1.29 is 18.8 Å². The lowest BCUT2D eigenvalue weighted by atomic mass is 10.2. The third-order valence-corrected chi connectivity index (χ3v) is 3.42. The second-order valence-electron chi connectivity index (χ2n) is 5.12. The van der Waals surface area contributed by atoms with Gasteiger partial charge in [-0.05, 0) is 12.1 Å². The Labute approximate surface area is 140 Å². The predicted octanol–water partition coefficient (Wildman–Crippen LogP) is 1.19. The molecule has 0 bridgehead atoms. The van der Waals surface area contributed by atoms with Crippen molar-refractivity contribution in [1.82, 2.24) is 20.0 Å². The number of ether oxygens (including phenoxy) is 2. The van der Waals surface area contributed by atoms with E-state index < -0.39 is 0 Å². The molecule has 0 atom stereocenters. The molecule has 0 radical (unpaired) electrons. The number of nitrogens with zero attached hydrogens (tertiary/aromatic N) is 4. The van der Waals surface area contributed by atoms with E-state index in [-0.39, 0.29) is 5.91 Å². The number of carbonyl (C=O) groups is 1. The predicted molar refractivity (Wildman–Crippen MR) is 86.2 cm³/mol. The molecule has 0 spiro atoms. The fraction of sp³-hybridized carbons (Fsp3) is 0.500. The Balaban J connectivity index is 1.89. The van der Waals surface area contributed by atoms with Gasteiger partial charge in [0.15, 0.2) is 0 Å². The van der Waals surface area contributed by atoms with Crippen molar-refractivity contribution >= 4 is 5.91 Å². The quantitative estimate of drug-likeness (QED) is 0.644. The molecule has 0 unspecified atom stereocenters. The van der Waals surface area contributed by atoms with Crippen LogP contribution in [-0.2, 0) is 20.7 Å². The molecule has 24 heavy (non-hydrogen) atoms. The molecule has 0 aromatic carbocycles. The van der Waals surface area contributed by atoms with Crippen molar-refractivity contribution in [2.45, 2.75) is 12.8 Å². The highest BCUT2D eigenvalue weighted by Gasteiger charge is 2.15. The molecule has 130 valence electrons. The summed E-state index contributed by atoms with van der Waals surface area (Å²) in [5.41, 5.74) is 0.778. The smallest absolute Gasteiger partial charge is 0.227 e. The molecule has 0 saturated carbocycles. The van der Waals surface area contributed by atoms with Crippen LogP contribution in [0.4, 0.5) is 0 Å². The Morgan fingerprint density at radius 3 is 2.62 bits per heavy atom. The molecule has 0 saturated heterocycles. The lowest BCUT2D eigenvalue weighted by Crippen LogP contribution is -2.36. The van der Waals surface area contributed by atoms with Crippen LogP contribution in [0.3, 0.4) is 0 Å². The summed E-state index contributed by atoms with van der Waals surface area (Å²) < 4.78 is 15.3. The van der Waals surface area contributed by atoms with Gasteiger partial charge in [0, 0.05) is 58.1 Å². The fourth-order valence-electron chi connectivity index (χ4n) is 2.10. The fourth-order valence-corrected chi connectivity index (χ4v) is 2.10. The number of hydrogen-bond acceptors (Lipinski definition) is 7. The monoisotopic (exact) mass is 334 g/mol. The molecular weight excluding hydrogens is 312 g/mol. The van der Waals surface area contributed by atoms with Crippen molar-refractivity contribution in [3.05, 3.63) is 30.4 Å². The van der Waals surface area contributed by atoms with E-state index in [1.54, 1.807) is 37.6 Å². The first-order chi connectivity index (χ1) is 11.7. The summed E-state index contributed by atoms with van der Waals surface area (Å²) in [4.78, 5) is 22.4. The lowest BCUT2D eigenvalue weighted by molar-refractivity contribution is -0.132. The number of methoxy groups -OCH3 is 2. The maximum atomic E-state index is 12.3. The third-order valence-electron chi connectivity index (χ3n) is 3.42. The molecular formula is C16H22N4O4. The molecule has 1 amide bonds. The third kappa shape index (κ3) is 5.39. The first kappa shape index (κ1) is 18.0. The van der Waals surface area contributed by atoms with Crippen LogP contribution in [-0.4, -0.2) is 66.5 Å². The molecule has 2 aromatic rings. The van der Waals surface area contributed by atoms with E-state index in [0.29, 0.717) is 50.9 Å². The van der Waals surface area contributed by atoms with Gasteiger partial charge in [0.05, 0.1) is 13.2 Å². The lowest BCUT2D eigenvalue weighted by Gasteiger charge is -2.21. The Hall–Kier alpha value is -2.32. The van der Waals surface area contributed by atoms with Crippen LogP contribution in [0.25, 0.3) is 11.4 Å². The van der Waals surface area contributed by atoms with E-state index in [2.05, 4.69) is 15.1 Å². The van der Waals surface area contributed by atoms with Gasteiger partial charge in [-0.1, -0.05) is 5.16 Å². The second kappa shape index (κ2) is 9.74. The van der Waals surface area contributed by atoms with Gasteiger partial charge in [0.2, 0.25) is 17.6 Å². The van der Waals surface area contributed by atoms with Gasteiger partial charge in [-0.15, -0.1) is 0 Å². The zero-order chi connectivity index (χ0) is 17.2. The average Bonchev–Trinajstić information content (AvgIpc) is 3.09. The molecule has 8 heteroatoms. The van der Waals surface area contributed by atoms with E-state index in [4.69, 9.17) is 14.0 Å². The molecule has 0 aliphatic carbocycles. The van der Waals surface area contributed by atoms with Crippen molar-refractivity contribution in [1.29, 1.82) is 0 Å². The highest BCUT2D eigenvalue weighted by molar-refractivity contribution is 5.76. The summed E-state index contributed by atoms with van der Waals surface area (Å²) in [5.74, 6) is 0.909. The van der Waals surface area contributed by atoms with Gasteiger partial charge in [-0.25, -0.2) is 0 Å². The van der Waals surface area contributed by atoms with E-state index >= 15 is 0 Å². The van der Waals surface area contributed by atoms with E-state index in [1.807, 2.05) is 6.07 Å². The molecule has 0 fully saturated rings. The SMILES string of the molecule is COCCN(CCOC)C(=O)CCc1nc(-c2cccnc2)no1. The number of carbonyl (C=O) groups excluding carboxylic acids is 1. The average molecular weight is 334 g/mol. The number of pyridine rings is 1. The maximum absolute atomic E-state index is 12.3. The van der Waals surface area contributed by atoms with Gasteiger partial charge < -0.3 is 18.9 Å². The first-order valence-corrected chi connectivity index (χ1v) is 7.73. The summed E-state index contributed by atoms with van der Waals surface area (Å²) in [6.45, 7) is 2.04. The number of rotatable bonds is 10. The molecule has 0 aliphatic rings. The van der Waals surface area contributed by atoms with Crippen molar-refractivity contribution in [2.75, 3.05) is 40.5 Å². The van der Waals surface area contributed by atoms with Crippen LogP contribution in [0.15, 0.2) is 29.0 Å². The minimum Gasteiger partial charge on any atom is -0.383 e. The Morgan fingerprint density at radius 1 is 1.25 bits per heavy atom. The maximum Gasteiger partial charge on any atom is 0.227 e. The van der Waals surface area contributed by atoms with E-state index in [9.17, 15) is 4.79 Å². The minimum atomic E-state index is 0.00484. The summed E-state index contributed by atoms with van der Waals surface area (Å²) in [6.07, 6.45) is 4.03. The van der Waals surface area contributed by atoms with Crippen LogP contribution < -0.4 is 0 Å². The zero-order valence-electron chi connectivity index (χ0n) is 14.0. The summed E-state index contributed by atoms with van der Waals surface area (Å²) >= 11 is 0. The van der Waals surface area contributed by atoms with Crippen LogP contribution in [0.2, 0.25) is 0 Å². The highest BCUT2D eigenvalue weighted by atomic mass is 16.5. The van der Waals surface area contributed by atoms with E-state index in [0.717, 1.165) is 5.56 Å². The van der Waals surface area contributed by atoms with Crippen LogP contribution >= 0.6 is 0 Å². The second-order valence-corrected chi connectivity index (χ2v) is 5.12. The van der Waals surface area contributed by atoms with Crippen LogP contribution in [0.5, 0.6) is 0 Å². The summed E-state index contributed by atoms with van der Waals surface area (Å²) in [7, 11) is 3.22. The van der Waals surface area contributed by atoms with Gasteiger partial charge >= 0.3 is 0 Å². The van der Waals surface area contributed by atoms with Gasteiger partial charge in [-0.2, -0.15) is 4.98 Å². The highest BCUT2D eigenvalue weighted by Crippen LogP contribution is 2.14. The first-order valence-electron chi connectivity index (χ1n) is 7.73. The van der Waals surface area contributed by atoms with Crippen molar-refractivity contribution in [2.24, 2.45) is 0 Å². The molecule has 2 heterocycles. The molecule has 2 aromatic heterocycles. The Bertz CT molecular complexity index is 610. The van der Waals surface area contributed by atoms with Gasteiger partial charge in [0.25, 0.3) is 0 Å². The Kier molecular flexibility index (Phi) is 7.31. The molecule has 0 aliphatic heterocycles. The van der Waals surface area contributed by atoms with Crippen LogP contribution in [0.1, 0.15) is 12.3 Å².